The summed E-state index contributed by atoms with van der Waals surface area (Å²) in [5, 5.41) is 0. The van der Waals surface area contributed by atoms with Gasteiger partial charge in [-0.2, -0.15) is 0 Å². The standard InChI is InChI=1S/C74H104INO12/c1-45-31-32-72(13)56-30-29-52-53-39-67(5,6)33-36-73(53,37-34-70(52,11)71(56,12)35-38-74(72,75)68(45,7)8)66(77)86-64-59(46(2)57(76)54(83-64)43-78-40-49-23-17-14-18-24-49)84-65-62-61(87-69(9,10)88-62)60(48(4)82-65)85-63-47(3)58(80-42-51-27-21-16-22-28-51)55(44-81-63)79-41-50-25-19-15-20-26-50/h14-29,45-48,53-65H,30-44,76H2,1-13H3/t45-,46?,47?,48+,53?,54-,55?,56?,57?,58?,59?,60?,61?,62?,63-,64-,65-,70+,71-,72?,73?,74+/m0/s1. The van der Waals surface area contributed by atoms with Crippen molar-refractivity contribution in [2.24, 2.45) is 67.8 Å². The van der Waals surface area contributed by atoms with Gasteiger partial charge in [0.25, 0.3) is 0 Å². The Morgan fingerprint density at radius 2 is 1.25 bits per heavy atom. The third kappa shape index (κ3) is 11.6. The number of hydrogen-bond acceptors (Lipinski definition) is 13. The molecule has 5 aliphatic carbocycles. The molecule has 14 heteroatoms. The number of esters is 1. The molecule has 4 heterocycles. The van der Waals surface area contributed by atoms with Crippen molar-refractivity contribution >= 4 is 28.6 Å². The average molecular weight is 1330 g/mol. The maximum atomic E-state index is 16.2. The van der Waals surface area contributed by atoms with Gasteiger partial charge in [-0.15, -0.1) is 0 Å². The molecule has 3 aromatic carbocycles. The van der Waals surface area contributed by atoms with Crippen LogP contribution in [0.5, 0.6) is 0 Å². The van der Waals surface area contributed by atoms with Crippen molar-refractivity contribution in [3.8, 4) is 0 Å². The molecule has 0 spiro atoms. The Balaban J connectivity index is 0.807. The number of hydrogen-bond donors (Lipinski definition) is 1. The minimum atomic E-state index is -1.14. The van der Waals surface area contributed by atoms with E-state index in [1.807, 2.05) is 87.5 Å². The van der Waals surface area contributed by atoms with Gasteiger partial charge >= 0.3 is 5.97 Å². The third-order valence-electron chi connectivity index (χ3n) is 25.0. The van der Waals surface area contributed by atoms with E-state index >= 15 is 4.79 Å². The van der Waals surface area contributed by atoms with E-state index in [1.54, 1.807) is 0 Å². The molecule has 0 bridgehead atoms. The molecule has 13 nitrogen and oxygen atoms in total. The highest BCUT2D eigenvalue weighted by Crippen LogP contribution is 2.79. The molecule has 3 aromatic rings. The van der Waals surface area contributed by atoms with Crippen molar-refractivity contribution in [2.45, 2.75) is 257 Å². The topological polar surface area (TPSA) is 145 Å². The predicted octanol–water partition coefficient (Wildman–Crippen LogP) is 14.6. The lowest BCUT2D eigenvalue weighted by Crippen LogP contribution is -2.69. The van der Waals surface area contributed by atoms with Crippen LogP contribution in [-0.2, 0) is 76.7 Å². The maximum absolute atomic E-state index is 16.2. The normalized spacial score (nSPS) is 44.0. The number of carbonyl (C=O) groups is 1. The first-order valence-corrected chi connectivity index (χ1v) is 34.7. The highest BCUT2D eigenvalue weighted by Gasteiger charge is 2.73. The summed E-state index contributed by atoms with van der Waals surface area (Å²) in [5.74, 6) is -0.606. The van der Waals surface area contributed by atoms with Crippen LogP contribution >= 0.6 is 22.6 Å². The minimum Gasteiger partial charge on any atom is -0.432 e. The van der Waals surface area contributed by atoms with E-state index in [1.165, 1.54) is 31.3 Å². The summed E-state index contributed by atoms with van der Waals surface area (Å²) in [6.45, 7) is 32.0. The number of ether oxygens (including phenoxy) is 11. The molecular formula is C74H104INO12. The second-order valence-corrected chi connectivity index (χ2v) is 33.0. The Bertz CT molecular complexity index is 2930. The molecule has 12 rings (SSSR count). The lowest BCUT2D eigenvalue weighted by molar-refractivity contribution is -0.353. The number of nitrogens with two attached hydrogens (primary N) is 1. The molecule has 0 amide bonds. The molecule has 9 aliphatic rings. The highest BCUT2D eigenvalue weighted by molar-refractivity contribution is 14.1. The summed E-state index contributed by atoms with van der Waals surface area (Å²) in [5.41, 5.74) is 11.7. The molecule has 4 saturated heterocycles. The van der Waals surface area contributed by atoms with Crippen LogP contribution in [0, 0.1) is 62.1 Å². The number of rotatable bonds is 16. The number of fused-ring (bicyclic) bond motifs is 8. The monoisotopic (exact) mass is 1330 g/mol. The summed E-state index contributed by atoms with van der Waals surface area (Å²) < 4.78 is 75.6. The zero-order valence-corrected chi connectivity index (χ0v) is 57.2. The fraction of sp³-hybridized carbons (Fsp3) is 0.716. The SMILES string of the molecule is CC1C(O[C@@H]2O[C@H](C)C(O[C@@H]3OCC(OCc4ccccc4)C(OCc4ccccc4)C3C)C3OC(C)(C)OC32)[C@H](OC(=O)C23CCC(C)(C)CC2C2=CCC4C5(C)CC[C@H](C)C(C)(C)[C@]5(I)CC[C@]4(C)[C@]2(C)CC3)O[C@@H](COCc2ccccc2)C1N. The Hall–Kier alpha value is -2.84. The van der Waals surface area contributed by atoms with Gasteiger partial charge in [-0.3, -0.25) is 4.79 Å². The van der Waals surface area contributed by atoms with Gasteiger partial charge in [0, 0.05) is 21.3 Å². The molecule has 22 atom stereocenters. The van der Waals surface area contributed by atoms with Crippen LogP contribution in [0.25, 0.3) is 0 Å². The van der Waals surface area contributed by atoms with Crippen LogP contribution in [0.1, 0.15) is 171 Å². The van der Waals surface area contributed by atoms with E-state index < -0.39 is 72.7 Å². The Labute approximate surface area is 539 Å². The second kappa shape index (κ2) is 24.8. The van der Waals surface area contributed by atoms with Crippen LogP contribution in [0.2, 0.25) is 0 Å². The van der Waals surface area contributed by atoms with Gasteiger partial charge in [0.15, 0.2) is 18.4 Å². The van der Waals surface area contributed by atoms with Gasteiger partial charge in [-0.1, -0.05) is 194 Å². The van der Waals surface area contributed by atoms with E-state index in [4.69, 9.17) is 57.8 Å². The number of halogens is 1. The first-order valence-electron chi connectivity index (χ1n) is 33.6. The number of carbonyl (C=O) groups excluding carboxylic acids is 1. The molecule has 0 aromatic heterocycles. The lowest BCUT2D eigenvalue weighted by Gasteiger charge is -2.74. The zero-order valence-electron chi connectivity index (χ0n) is 55.0. The Morgan fingerprint density at radius 1 is 0.636 bits per heavy atom. The summed E-state index contributed by atoms with van der Waals surface area (Å²) in [6, 6.07) is 29.9. The minimum absolute atomic E-state index is 0.0237. The van der Waals surface area contributed by atoms with E-state index in [9.17, 15) is 0 Å². The molecule has 4 saturated carbocycles. The first kappa shape index (κ1) is 65.2. The zero-order chi connectivity index (χ0) is 62.4. The molecule has 484 valence electrons. The van der Waals surface area contributed by atoms with Gasteiger partial charge in [0.05, 0.1) is 50.7 Å². The molecule has 2 N–H and O–H groups in total. The van der Waals surface area contributed by atoms with Crippen LogP contribution < -0.4 is 5.73 Å². The number of benzene rings is 3. The summed E-state index contributed by atoms with van der Waals surface area (Å²) in [6.07, 6.45) is 5.41. The van der Waals surface area contributed by atoms with E-state index in [0.29, 0.717) is 31.7 Å². The van der Waals surface area contributed by atoms with E-state index in [2.05, 4.69) is 122 Å². The largest absolute Gasteiger partial charge is 0.432 e. The van der Waals surface area contributed by atoms with Gasteiger partial charge in [0.1, 0.15) is 36.6 Å². The maximum Gasteiger partial charge on any atom is 0.315 e. The molecule has 8 fully saturated rings. The van der Waals surface area contributed by atoms with Crippen molar-refractivity contribution in [2.75, 3.05) is 13.2 Å². The van der Waals surface area contributed by atoms with E-state index in [-0.39, 0.29) is 79.6 Å². The quantitative estimate of drug-likeness (QED) is 0.0629. The summed E-state index contributed by atoms with van der Waals surface area (Å²) in [7, 11) is 0. The fourth-order valence-corrected chi connectivity index (χ4v) is 20.3. The third-order valence-corrected chi connectivity index (χ3v) is 28.2. The second-order valence-electron chi connectivity index (χ2n) is 31.2. The van der Waals surface area contributed by atoms with Gasteiger partial charge in [-0.25, -0.2) is 0 Å². The van der Waals surface area contributed by atoms with Crippen LogP contribution in [0.15, 0.2) is 103 Å². The smallest absolute Gasteiger partial charge is 0.315 e. The van der Waals surface area contributed by atoms with Crippen LogP contribution in [0.3, 0.4) is 0 Å². The summed E-state index contributed by atoms with van der Waals surface area (Å²) >= 11 is 2.96. The summed E-state index contributed by atoms with van der Waals surface area (Å²) in [4.78, 5) is 16.2. The molecule has 0 radical (unpaired) electrons. The Morgan fingerprint density at radius 3 is 1.92 bits per heavy atom. The van der Waals surface area contributed by atoms with Gasteiger partial charge < -0.3 is 57.8 Å². The van der Waals surface area contributed by atoms with Crippen molar-refractivity contribution in [3.05, 3.63) is 119 Å². The van der Waals surface area contributed by atoms with Crippen LogP contribution in [-0.4, -0.2) is 102 Å². The predicted molar refractivity (Wildman–Crippen MR) is 346 cm³/mol. The molecule has 13 unspecified atom stereocenters. The molecule has 4 aliphatic heterocycles. The molecular weight excluding hydrogens is 1220 g/mol. The Kier molecular flexibility index (Phi) is 18.4. The number of allylic oxidation sites excluding steroid dienone is 2. The lowest BCUT2D eigenvalue weighted by atomic mass is 9.33. The highest BCUT2D eigenvalue weighted by atomic mass is 127. The van der Waals surface area contributed by atoms with E-state index in [0.717, 1.165) is 55.2 Å². The first-order chi connectivity index (χ1) is 41.7. The number of alkyl halides is 1. The van der Waals surface area contributed by atoms with Crippen molar-refractivity contribution in [1.82, 2.24) is 0 Å². The van der Waals surface area contributed by atoms with Crippen molar-refractivity contribution in [1.29, 1.82) is 0 Å². The van der Waals surface area contributed by atoms with Crippen LogP contribution in [0.4, 0.5) is 0 Å². The van der Waals surface area contributed by atoms with Crippen molar-refractivity contribution in [3.63, 3.8) is 0 Å². The van der Waals surface area contributed by atoms with Gasteiger partial charge in [0.2, 0.25) is 6.29 Å². The molecule has 88 heavy (non-hydrogen) atoms. The van der Waals surface area contributed by atoms with Gasteiger partial charge in [-0.05, 0) is 146 Å². The average Bonchev–Trinajstić information content (AvgIpc) is 0.760. The fourth-order valence-electron chi connectivity index (χ4n) is 18.8. The van der Waals surface area contributed by atoms with Crippen molar-refractivity contribution < 1.29 is 56.9 Å².